The molecule has 118 valence electrons. The second kappa shape index (κ2) is 5.62. The van der Waals surface area contributed by atoms with Gasteiger partial charge in [0.05, 0.1) is 23.7 Å². The van der Waals surface area contributed by atoms with Crippen LogP contribution < -0.4 is 9.80 Å². The van der Waals surface area contributed by atoms with Crippen molar-refractivity contribution in [1.29, 1.82) is 0 Å². The van der Waals surface area contributed by atoms with Crippen molar-refractivity contribution < 1.29 is 0 Å². The summed E-state index contributed by atoms with van der Waals surface area (Å²) < 4.78 is 1.90. The first kappa shape index (κ1) is 14.1. The fraction of sp³-hybridized carbons (Fsp3) is 0.357. The van der Waals surface area contributed by atoms with Crippen molar-refractivity contribution in [3.8, 4) is 0 Å². The average Bonchev–Trinajstić information content (AvgIpc) is 2.97. The normalized spacial score (nSPS) is 15.4. The Morgan fingerprint density at radius 3 is 2.35 bits per heavy atom. The fourth-order valence-corrected chi connectivity index (χ4v) is 2.85. The van der Waals surface area contributed by atoms with Gasteiger partial charge in [-0.3, -0.25) is 0 Å². The van der Waals surface area contributed by atoms with Crippen LogP contribution in [0.5, 0.6) is 0 Å². The van der Waals surface area contributed by atoms with Crippen molar-refractivity contribution in [2.24, 2.45) is 7.05 Å². The lowest BCUT2D eigenvalue weighted by molar-refractivity contribution is 0.635. The molecule has 0 atom stereocenters. The van der Waals surface area contributed by atoms with Crippen molar-refractivity contribution in [2.45, 2.75) is 0 Å². The molecule has 0 aromatic carbocycles. The van der Waals surface area contributed by atoms with Gasteiger partial charge in [0.2, 0.25) is 5.95 Å². The zero-order chi connectivity index (χ0) is 15.8. The summed E-state index contributed by atoms with van der Waals surface area (Å²) >= 11 is 5.84. The molecule has 0 unspecified atom stereocenters. The van der Waals surface area contributed by atoms with Crippen LogP contribution >= 0.6 is 11.6 Å². The second-order valence-electron chi connectivity index (χ2n) is 5.40. The molecule has 3 aromatic rings. The maximum Gasteiger partial charge on any atom is 0.225 e. The highest BCUT2D eigenvalue weighted by molar-refractivity contribution is 6.30. The van der Waals surface area contributed by atoms with E-state index in [2.05, 4.69) is 34.7 Å². The summed E-state index contributed by atoms with van der Waals surface area (Å²) in [4.78, 5) is 26.1. The second-order valence-corrected chi connectivity index (χ2v) is 5.84. The molecule has 0 radical (unpaired) electrons. The van der Waals surface area contributed by atoms with Gasteiger partial charge in [-0.1, -0.05) is 11.6 Å². The highest BCUT2D eigenvalue weighted by Crippen LogP contribution is 2.23. The maximum atomic E-state index is 5.84. The van der Waals surface area contributed by atoms with Gasteiger partial charge < -0.3 is 14.4 Å². The van der Waals surface area contributed by atoms with E-state index in [0.29, 0.717) is 11.0 Å². The third-order valence-electron chi connectivity index (χ3n) is 3.95. The monoisotopic (exact) mass is 330 g/mol. The van der Waals surface area contributed by atoms with Gasteiger partial charge >= 0.3 is 0 Å². The van der Waals surface area contributed by atoms with Gasteiger partial charge in [-0.2, -0.15) is 0 Å². The van der Waals surface area contributed by atoms with Gasteiger partial charge in [0.25, 0.3) is 0 Å². The van der Waals surface area contributed by atoms with Crippen LogP contribution in [0.15, 0.2) is 25.0 Å². The number of fused-ring (bicyclic) bond motifs is 1. The Bertz CT molecular complexity index is 822. The molecule has 4 rings (SSSR count). The Kier molecular flexibility index (Phi) is 3.45. The summed E-state index contributed by atoms with van der Waals surface area (Å²) in [5, 5.41) is 0.547. The first-order chi connectivity index (χ1) is 11.2. The summed E-state index contributed by atoms with van der Waals surface area (Å²) in [6.45, 7) is 3.29. The number of anilines is 2. The van der Waals surface area contributed by atoms with Crippen LogP contribution in [0.1, 0.15) is 0 Å². The third-order valence-corrected chi connectivity index (χ3v) is 4.14. The molecule has 0 spiro atoms. The number of aryl methyl sites for hydroxylation is 1. The van der Waals surface area contributed by atoms with Gasteiger partial charge in [-0.25, -0.2) is 24.9 Å². The van der Waals surface area contributed by atoms with Crippen LogP contribution in [0.4, 0.5) is 11.8 Å². The molecule has 0 aliphatic carbocycles. The molecular formula is C14H15ClN8. The molecule has 0 N–H and O–H groups in total. The predicted octanol–water partition coefficient (Wildman–Crippen LogP) is 1.13. The Hall–Kier alpha value is -2.48. The molecule has 1 aliphatic heterocycles. The summed E-state index contributed by atoms with van der Waals surface area (Å²) in [6.07, 6.45) is 6.60. The maximum absolute atomic E-state index is 5.84. The van der Waals surface area contributed by atoms with Crippen molar-refractivity contribution in [1.82, 2.24) is 29.5 Å². The molecule has 0 saturated carbocycles. The average molecular weight is 331 g/mol. The first-order valence-electron chi connectivity index (χ1n) is 7.32. The van der Waals surface area contributed by atoms with Gasteiger partial charge in [0.15, 0.2) is 17.0 Å². The molecule has 1 saturated heterocycles. The third kappa shape index (κ3) is 2.55. The molecule has 0 amide bonds. The van der Waals surface area contributed by atoms with Gasteiger partial charge in [0, 0.05) is 33.2 Å². The van der Waals surface area contributed by atoms with E-state index in [4.69, 9.17) is 11.6 Å². The number of piperazine rings is 1. The minimum Gasteiger partial charge on any atom is -0.351 e. The number of aromatic nitrogens is 6. The molecule has 0 bridgehead atoms. The topological polar surface area (TPSA) is 75.9 Å². The van der Waals surface area contributed by atoms with E-state index in [9.17, 15) is 0 Å². The van der Waals surface area contributed by atoms with E-state index in [1.165, 1.54) is 0 Å². The van der Waals surface area contributed by atoms with E-state index in [-0.39, 0.29) is 0 Å². The largest absolute Gasteiger partial charge is 0.351 e. The van der Waals surface area contributed by atoms with Crippen LogP contribution in [0, 0.1) is 0 Å². The molecular weight excluding hydrogens is 316 g/mol. The number of hydrogen-bond acceptors (Lipinski definition) is 7. The molecule has 23 heavy (non-hydrogen) atoms. The van der Waals surface area contributed by atoms with Crippen LogP contribution in [-0.2, 0) is 7.05 Å². The first-order valence-corrected chi connectivity index (χ1v) is 7.69. The molecule has 8 nitrogen and oxygen atoms in total. The van der Waals surface area contributed by atoms with Crippen LogP contribution in [0.3, 0.4) is 0 Å². The van der Waals surface area contributed by atoms with Crippen LogP contribution in [-0.4, -0.2) is 55.7 Å². The van der Waals surface area contributed by atoms with Gasteiger partial charge in [-0.15, -0.1) is 0 Å². The Morgan fingerprint density at radius 1 is 0.913 bits per heavy atom. The smallest absolute Gasteiger partial charge is 0.225 e. The van der Waals surface area contributed by atoms with Gasteiger partial charge in [-0.05, 0) is 0 Å². The number of hydrogen-bond donors (Lipinski definition) is 0. The van der Waals surface area contributed by atoms with E-state index in [1.54, 1.807) is 25.0 Å². The van der Waals surface area contributed by atoms with E-state index in [1.807, 2.05) is 11.6 Å². The Labute approximate surface area is 137 Å². The number of halogens is 1. The minimum absolute atomic E-state index is 0.547. The quantitative estimate of drug-likeness (QED) is 0.697. The summed E-state index contributed by atoms with van der Waals surface area (Å²) in [6, 6.07) is 0. The standard InChI is InChI=1S/C14H15ClN8/c1-21-9-20-11-12(21)18-8-19-13(11)22-2-4-23(5-3-22)14-16-6-10(15)7-17-14/h6-9H,2-5H2,1H3. The molecule has 1 fully saturated rings. The number of nitrogens with zero attached hydrogens (tertiary/aromatic N) is 8. The lowest BCUT2D eigenvalue weighted by atomic mass is 10.3. The summed E-state index contributed by atoms with van der Waals surface area (Å²) in [5.74, 6) is 1.59. The minimum atomic E-state index is 0.547. The molecule has 9 heteroatoms. The Balaban J connectivity index is 1.54. The lowest BCUT2D eigenvalue weighted by Crippen LogP contribution is -2.47. The molecule has 1 aliphatic rings. The van der Waals surface area contributed by atoms with E-state index >= 15 is 0 Å². The number of rotatable bonds is 2. The van der Waals surface area contributed by atoms with Crippen molar-refractivity contribution in [3.63, 3.8) is 0 Å². The van der Waals surface area contributed by atoms with Gasteiger partial charge in [0.1, 0.15) is 6.33 Å². The van der Waals surface area contributed by atoms with Crippen molar-refractivity contribution in [3.05, 3.63) is 30.1 Å². The fourth-order valence-electron chi connectivity index (χ4n) is 2.75. The van der Waals surface area contributed by atoms with Crippen LogP contribution in [0.25, 0.3) is 11.2 Å². The van der Waals surface area contributed by atoms with Crippen LogP contribution in [0.2, 0.25) is 5.02 Å². The lowest BCUT2D eigenvalue weighted by Gasteiger charge is -2.35. The summed E-state index contributed by atoms with van der Waals surface area (Å²) in [7, 11) is 1.93. The van der Waals surface area contributed by atoms with Crippen molar-refractivity contribution >= 4 is 34.5 Å². The molecule has 3 aromatic heterocycles. The highest BCUT2D eigenvalue weighted by atomic mass is 35.5. The summed E-state index contributed by atoms with van der Waals surface area (Å²) in [5.41, 5.74) is 1.68. The SMILES string of the molecule is Cn1cnc2c(N3CCN(c4ncc(Cl)cn4)CC3)ncnc21. The zero-order valence-corrected chi connectivity index (χ0v) is 13.3. The zero-order valence-electron chi connectivity index (χ0n) is 12.6. The van der Waals surface area contributed by atoms with E-state index in [0.717, 1.165) is 43.2 Å². The van der Waals surface area contributed by atoms with E-state index < -0.39 is 0 Å². The highest BCUT2D eigenvalue weighted by Gasteiger charge is 2.22. The van der Waals surface area contributed by atoms with Crippen molar-refractivity contribution in [2.75, 3.05) is 36.0 Å². The number of imidazole rings is 1. The Morgan fingerprint density at radius 2 is 1.61 bits per heavy atom. The predicted molar refractivity (Wildman–Crippen MR) is 87.8 cm³/mol. The molecule has 4 heterocycles.